The monoisotopic (exact) mass is 426 g/mol. The van der Waals surface area contributed by atoms with Crippen molar-refractivity contribution in [1.82, 2.24) is 5.32 Å². The summed E-state index contributed by atoms with van der Waals surface area (Å²) < 4.78 is 23.5. The fourth-order valence-corrected chi connectivity index (χ4v) is 3.27. The molecule has 150 valence electrons. The summed E-state index contributed by atoms with van der Waals surface area (Å²) in [6, 6.07) is 5.88. The second-order valence-corrected chi connectivity index (χ2v) is 7.25. The predicted octanol–water partition coefficient (Wildman–Crippen LogP) is 4.25. The van der Waals surface area contributed by atoms with Crippen LogP contribution >= 0.6 is 23.2 Å². The Kier molecular flexibility index (Phi) is 6.88. The van der Waals surface area contributed by atoms with Gasteiger partial charge < -0.3 is 16.8 Å². The Balaban J connectivity index is 2.48. The van der Waals surface area contributed by atoms with Gasteiger partial charge in [-0.15, -0.1) is 0 Å². The van der Waals surface area contributed by atoms with Crippen molar-refractivity contribution >= 4 is 40.6 Å². The van der Waals surface area contributed by atoms with E-state index in [1.807, 2.05) is 0 Å². The quantitative estimate of drug-likeness (QED) is 0.433. The molecule has 0 fully saturated rings. The van der Waals surface area contributed by atoms with E-state index < -0.39 is 36.0 Å². The molecule has 0 aliphatic carbocycles. The van der Waals surface area contributed by atoms with Crippen molar-refractivity contribution in [2.75, 3.05) is 5.73 Å². The van der Waals surface area contributed by atoms with Crippen molar-refractivity contribution in [2.24, 2.45) is 5.73 Å². The van der Waals surface area contributed by atoms with Crippen LogP contribution in [0.3, 0.4) is 0 Å². The Morgan fingerprint density at radius 3 is 2.50 bits per heavy atom. The van der Waals surface area contributed by atoms with Gasteiger partial charge in [0.05, 0.1) is 21.3 Å². The topological polar surface area (TPSA) is 98.2 Å². The van der Waals surface area contributed by atoms with Gasteiger partial charge in [-0.1, -0.05) is 36.2 Å². The zero-order valence-corrected chi connectivity index (χ0v) is 16.9. The molecule has 0 aliphatic heterocycles. The number of anilines is 1. The first kappa shape index (κ1) is 20.6. The Morgan fingerprint density at radius 1 is 1.25 bits per heavy atom. The Bertz CT molecular complexity index is 940. The van der Waals surface area contributed by atoms with Crippen LogP contribution in [0.1, 0.15) is 55.6 Å². The number of ketones is 1. The smallest absolute Gasteiger partial charge is 0.218 e. The van der Waals surface area contributed by atoms with Crippen LogP contribution in [0.25, 0.3) is 0 Å². The Labute approximate surface area is 174 Å². The molecule has 3 atom stereocenters. The van der Waals surface area contributed by atoms with Crippen LogP contribution in [-0.2, 0) is 4.79 Å². The average Bonchev–Trinajstić information content (AvgIpc) is 2.61. The SMILES string of the molecule is [2H][C@H](C)[C@@H](N[C@@H](C)CC(N)=O)c1ccc(Cl)c(C(=O)c2ccc(N)c(Cl)c2)c1F. The third-order valence-electron chi connectivity index (χ3n) is 4.25. The summed E-state index contributed by atoms with van der Waals surface area (Å²) in [6.07, 6.45) is -0.761. The molecule has 0 heterocycles. The molecule has 0 radical (unpaired) electrons. The summed E-state index contributed by atoms with van der Waals surface area (Å²) in [5, 5.41) is 3.13. The highest BCUT2D eigenvalue weighted by Gasteiger charge is 2.25. The molecule has 0 bridgehead atoms. The van der Waals surface area contributed by atoms with Crippen molar-refractivity contribution in [3.8, 4) is 0 Å². The van der Waals surface area contributed by atoms with Gasteiger partial charge in [0.15, 0.2) is 5.78 Å². The van der Waals surface area contributed by atoms with Crippen LogP contribution in [0, 0.1) is 5.82 Å². The Hall–Kier alpha value is -2.15. The molecule has 0 aliphatic rings. The molecule has 5 nitrogen and oxygen atoms in total. The van der Waals surface area contributed by atoms with Crippen LogP contribution < -0.4 is 16.8 Å². The molecule has 0 aromatic heterocycles. The lowest BCUT2D eigenvalue weighted by Gasteiger charge is -2.23. The summed E-state index contributed by atoms with van der Waals surface area (Å²) in [5.74, 6) is -2.01. The first-order valence-corrected chi connectivity index (χ1v) is 9.32. The molecule has 0 saturated carbocycles. The number of carbonyl (C=O) groups is 2. The maximum atomic E-state index is 15.4. The second kappa shape index (κ2) is 9.37. The summed E-state index contributed by atoms with van der Waals surface area (Å²) in [5.41, 5.74) is 11.1. The second-order valence-electron chi connectivity index (χ2n) is 6.44. The highest BCUT2D eigenvalue weighted by Crippen LogP contribution is 2.31. The predicted molar refractivity (Wildman–Crippen MR) is 110 cm³/mol. The molecule has 2 aromatic carbocycles. The minimum Gasteiger partial charge on any atom is -0.398 e. The number of primary amides is 1. The fourth-order valence-electron chi connectivity index (χ4n) is 2.86. The van der Waals surface area contributed by atoms with Crippen LogP contribution in [0.2, 0.25) is 10.0 Å². The van der Waals surface area contributed by atoms with Crippen LogP contribution in [0.5, 0.6) is 0 Å². The molecule has 0 unspecified atom stereocenters. The first-order valence-electron chi connectivity index (χ1n) is 9.14. The molecule has 0 saturated heterocycles. The van der Waals surface area contributed by atoms with Gasteiger partial charge in [0, 0.05) is 31.0 Å². The van der Waals surface area contributed by atoms with Gasteiger partial charge >= 0.3 is 0 Å². The third kappa shape index (κ3) is 5.01. The molecule has 28 heavy (non-hydrogen) atoms. The minimum absolute atomic E-state index is 0.0220. The van der Waals surface area contributed by atoms with Gasteiger partial charge in [-0.25, -0.2) is 4.39 Å². The highest BCUT2D eigenvalue weighted by atomic mass is 35.5. The molecular weight excluding hydrogens is 404 g/mol. The molecule has 5 N–H and O–H groups in total. The minimum atomic E-state index is -0.835. The van der Waals surface area contributed by atoms with E-state index in [-0.39, 0.29) is 33.2 Å². The Morgan fingerprint density at radius 2 is 1.93 bits per heavy atom. The number of hydrogen-bond donors (Lipinski definition) is 3. The standard InChI is InChI=1S/C20H22Cl2FN3O2/c1-3-16(26-10(2)8-17(25)27)12-5-6-13(21)18(19(12)23)20(28)11-4-7-15(24)14(22)9-11/h4-7,9-10,16,26H,3,8,24H2,1-2H3,(H2,25,27)/t10-,16+/m0/s1/i3D/t3-,10+,16-/m1. The van der Waals surface area contributed by atoms with Crippen molar-refractivity contribution in [3.63, 3.8) is 0 Å². The number of nitrogens with one attached hydrogen (secondary N) is 1. The zero-order chi connectivity index (χ0) is 21.9. The summed E-state index contributed by atoms with van der Waals surface area (Å²) in [6.45, 7) is 3.28. The van der Waals surface area contributed by atoms with E-state index in [1.165, 1.54) is 30.3 Å². The third-order valence-corrected chi connectivity index (χ3v) is 4.89. The van der Waals surface area contributed by atoms with Crippen molar-refractivity contribution in [2.45, 2.75) is 38.7 Å². The van der Waals surface area contributed by atoms with E-state index >= 15 is 4.39 Å². The zero-order valence-electron chi connectivity index (χ0n) is 16.4. The number of rotatable bonds is 8. The van der Waals surface area contributed by atoms with Gasteiger partial charge in [0.1, 0.15) is 5.82 Å². The highest BCUT2D eigenvalue weighted by molar-refractivity contribution is 6.36. The summed E-state index contributed by atoms with van der Waals surface area (Å²) in [4.78, 5) is 24.1. The van der Waals surface area contributed by atoms with Crippen molar-refractivity contribution in [3.05, 3.63) is 62.9 Å². The molecule has 0 spiro atoms. The van der Waals surface area contributed by atoms with Gasteiger partial charge in [-0.2, -0.15) is 0 Å². The first-order chi connectivity index (χ1) is 13.5. The molecule has 8 heteroatoms. The largest absolute Gasteiger partial charge is 0.398 e. The fraction of sp³-hybridized carbons (Fsp3) is 0.300. The van der Waals surface area contributed by atoms with Gasteiger partial charge in [-0.05, 0) is 37.6 Å². The lowest BCUT2D eigenvalue weighted by atomic mass is 9.95. The van der Waals surface area contributed by atoms with E-state index in [4.69, 9.17) is 36.0 Å². The van der Waals surface area contributed by atoms with Crippen molar-refractivity contribution < 1.29 is 15.4 Å². The average molecular weight is 427 g/mol. The number of benzene rings is 2. The number of nitrogens with two attached hydrogens (primary N) is 2. The van der Waals surface area contributed by atoms with Crippen LogP contribution in [0.15, 0.2) is 30.3 Å². The molecule has 2 rings (SSSR count). The summed E-state index contributed by atoms with van der Waals surface area (Å²) >= 11 is 12.1. The number of amides is 1. The molecule has 1 amide bonds. The molecule has 2 aromatic rings. The molecular formula is C20H22Cl2FN3O2. The van der Waals surface area contributed by atoms with Crippen molar-refractivity contribution in [1.29, 1.82) is 0 Å². The van der Waals surface area contributed by atoms with Gasteiger partial charge in [0.25, 0.3) is 0 Å². The normalized spacial score (nSPS) is 14.8. The van der Waals surface area contributed by atoms with Gasteiger partial charge in [-0.3, -0.25) is 9.59 Å². The number of carbonyl (C=O) groups excluding carboxylic acids is 2. The maximum absolute atomic E-state index is 15.4. The van der Waals surface area contributed by atoms with E-state index in [1.54, 1.807) is 13.8 Å². The van der Waals surface area contributed by atoms with E-state index in [9.17, 15) is 9.59 Å². The number of nitrogen functional groups attached to an aromatic ring is 1. The van der Waals surface area contributed by atoms with Crippen LogP contribution in [0.4, 0.5) is 10.1 Å². The number of halogens is 3. The summed E-state index contributed by atoms with van der Waals surface area (Å²) in [7, 11) is 0. The lowest BCUT2D eigenvalue weighted by molar-refractivity contribution is -0.118. The maximum Gasteiger partial charge on any atom is 0.218 e. The van der Waals surface area contributed by atoms with E-state index in [2.05, 4.69) is 5.32 Å². The lowest BCUT2D eigenvalue weighted by Crippen LogP contribution is -2.34. The van der Waals surface area contributed by atoms with Gasteiger partial charge in [0.2, 0.25) is 5.91 Å². The van der Waals surface area contributed by atoms with Crippen LogP contribution in [-0.4, -0.2) is 17.7 Å². The van der Waals surface area contributed by atoms with E-state index in [0.717, 1.165) is 0 Å². The van der Waals surface area contributed by atoms with E-state index in [0.29, 0.717) is 5.69 Å². The number of hydrogen-bond acceptors (Lipinski definition) is 4.